The van der Waals surface area contributed by atoms with Gasteiger partial charge in [0.05, 0.1) is 0 Å². The van der Waals surface area contributed by atoms with Crippen molar-refractivity contribution >= 4 is 22.9 Å². The largest absolute Gasteiger partial charge is 0.480 e. The highest BCUT2D eigenvalue weighted by molar-refractivity contribution is 5.86. The second-order valence-corrected chi connectivity index (χ2v) is 7.18. The van der Waals surface area contributed by atoms with Crippen LogP contribution in [0, 0.1) is 0 Å². The third-order valence-electron chi connectivity index (χ3n) is 4.80. The van der Waals surface area contributed by atoms with Crippen molar-refractivity contribution in [2.24, 2.45) is 0 Å². The molecule has 0 bridgehead atoms. The number of benzene rings is 2. The number of amides is 2. The highest BCUT2D eigenvalue weighted by atomic mass is 16.4. The molecular weight excluding hydrogens is 354 g/mol. The molecule has 3 rings (SSSR count). The van der Waals surface area contributed by atoms with Gasteiger partial charge in [-0.25, -0.2) is 9.59 Å². The molecule has 0 fully saturated rings. The zero-order chi connectivity index (χ0) is 20.1. The Morgan fingerprint density at radius 1 is 1.07 bits per heavy atom. The molecule has 0 radical (unpaired) electrons. The number of aliphatic carboxylic acids is 1. The SMILES string of the molecule is CC(C)c1ccc(CNC(=O)N[C@H](Cc2c[nH]c3ccccc23)C(=O)O)cc1. The maximum atomic E-state index is 12.2. The van der Waals surface area contributed by atoms with Crippen molar-refractivity contribution in [2.75, 3.05) is 0 Å². The number of fused-ring (bicyclic) bond motifs is 1. The van der Waals surface area contributed by atoms with Crippen LogP contribution in [-0.2, 0) is 17.8 Å². The molecule has 4 N–H and O–H groups in total. The predicted octanol–water partition coefficient (Wildman–Crippen LogP) is 3.79. The molecule has 2 amide bonds. The Kier molecular flexibility index (Phi) is 5.99. The Hall–Kier alpha value is -3.28. The number of urea groups is 1. The minimum absolute atomic E-state index is 0.204. The molecule has 0 spiro atoms. The van der Waals surface area contributed by atoms with Crippen molar-refractivity contribution in [1.29, 1.82) is 0 Å². The van der Waals surface area contributed by atoms with Crippen molar-refractivity contribution in [3.8, 4) is 0 Å². The van der Waals surface area contributed by atoms with Gasteiger partial charge in [0.2, 0.25) is 0 Å². The number of hydrogen-bond donors (Lipinski definition) is 4. The molecule has 6 nitrogen and oxygen atoms in total. The van der Waals surface area contributed by atoms with Gasteiger partial charge >= 0.3 is 12.0 Å². The molecule has 1 heterocycles. The number of carboxylic acids is 1. The Labute approximate surface area is 164 Å². The Morgan fingerprint density at radius 2 is 1.79 bits per heavy atom. The molecule has 0 aliphatic carbocycles. The zero-order valence-corrected chi connectivity index (χ0v) is 16.0. The average molecular weight is 379 g/mol. The van der Waals surface area contributed by atoms with Gasteiger partial charge in [-0.05, 0) is 28.7 Å². The minimum atomic E-state index is -1.07. The van der Waals surface area contributed by atoms with E-state index in [1.807, 2.05) is 48.5 Å². The minimum Gasteiger partial charge on any atom is -0.480 e. The van der Waals surface area contributed by atoms with Crippen molar-refractivity contribution in [2.45, 2.75) is 38.8 Å². The number of aromatic nitrogens is 1. The number of carboxylic acid groups (broad SMARTS) is 1. The second-order valence-electron chi connectivity index (χ2n) is 7.18. The summed E-state index contributed by atoms with van der Waals surface area (Å²) in [5.74, 6) is -0.618. The van der Waals surface area contributed by atoms with Crippen molar-refractivity contribution in [1.82, 2.24) is 15.6 Å². The summed E-state index contributed by atoms with van der Waals surface area (Å²) < 4.78 is 0. The number of rotatable bonds is 7. The number of aromatic amines is 1. The molecule has 28 heavy (non-hydrogen) atoms. The molecule has 3 aromatic rings. The maximum absolute atomic E-state index is 12.2. The Balaban J connectivity index is 1.59. The van der Waals surface area contributed by atoms with E-state index in [2.05, 4.69) is 29.5 Å². The highest BCUT2D eigenvalue weighted by Crippen LogP contribution is 2.19. The van der Waals surface area contributed by atoms with E-state index in [-0.39, 0.29) is 6.42 Å². The lowest BCUT2D eigenvalue weighted by atomic mass is 10.0. The third kappa shape index (κ3) is 4.71. The molecule has 0 aliphatic rings. The Morgan fingerprint density at radius 3 is 2.46 bits per heavy atom. The van der Waals surface area contributed by atoms with Crippen LogP contribution in [0.4, 0.5) is 4.79 Å². The van der Waals surface area contributed by atoms with E-state index < -0.39 is 18.0 Å². The lowest BCUT2D eigenvalue weighted by Gasteiger charge is -2.15. The van der Waals surface area contributed by atoms with Crippen molar-refractivity contribution in [3.63, 3.8) is 0 Å². The summed E-state index contributed by atoms with van der Waals surface area (Å²) >= 11 is 0. The lowest BCUT2D eigenvalue weighted by Crippen LogP contribution is -2.46. The van der Waals surface area contributed by atoms with Gasteiger partial charge in [0.1, 0.15) is 6.04 Å². The van der Waals surface area contributed by atoms with Gasteiger partial charge in [-0.1, -0.05) is 56.3 Å². The number of carbonyl (C=O) groups excluding carboxylic acids is 1. The molecular formula is C22H25N3O3. The summed E-state index contributed by atoms with van der Waals surface area (Å²) in [6.45, 7) is 4.59. The number of H-pyrrole nitrogens is 1. The molecule has 0 unspecified atom stereocenters. The first-order chi connectivity index (χ1) is 13.4. The average Bonchev–Trinajstić information content (AvgIpc) is 3.09. The van der Waals surface area contributed by atoms with E-state index >= 15 is 0 Å². The molecule has 2 aromatic carbocycles. The number of carbonyl (C=O) groups is 2. The first kappa shape index (κ1) is 19.5. The summed E-state index contributed by atoms with van der Waals surface area (Å²) in [6.07, 6.45) is 1.99. The van der Waals surface area contributed by atoms with Gasteiger partial charge in [-0.15, -0.1) is 0 Å². The summed E-state index contributed by atoms with van der Waals surface area (Å²) in [7, 11) is 0. The number of nitrogens with one attached hydrogen (secondary N) is 3. The van der Waals surface area contributed by atoms with Crippen LogP contribution in [0.15, 0.2) is 54.7 Å². The van der Waals surface area contributed by atoms with Gasteiger partial charge in [0, 0.05) is 30.1 Å². The van der Waals surface area contributed by atoms with Crippen LogP contribution >= 0.6 is 0 Å². The molecule has 0 saturated heterocycles. The summed E-state index contributed by atoms with van der Waals surface area (Å²) in [6, 6.07) is 14.2. The molecule has 0 aliphatic heterocycles. The highest BCUT2D eigenvalue weighted by Gasteiger charge is 2.21. The number of para-hydroxylation sites is 1. The van der Waals surface area contributed by atoms with Gasteiger partial charge in [0.25, 0.3) is 0 Å². The van der Waals surface area contributed by atoms with Gasteiger partial charge < -0.3 is 20.7 Å². The van der Waals surface area contributed by atoms with E-state index in [0.717, 1.165) is 22.0 Å². The van der Waals surface area contributed by atoms with Crippen LogP contribution in [0.5, 0.6) is 0 Å². The fourth-order valence-corrected chi connectivity index (χ4v) is 3.13. The maximum Gasteiger partial charge on any atom is 0.326 e. The van der Waals surface area contributed by atoms with Crippen molar-refractivity contribution < 1.29 is 14.7 Å². The fourth-order valence-electron chi connectivity index (χ4n) is 3.13. The second kappa shape index (κ2) is 8.61. The van der Waals surface area contributed by atoms with Crippen molar-refractivity contribution in [3.05, 3.63) is 71.4 Å². The molecule has 1 aromatic heterocycles. The van der Waals surface area contributed by atoms with E-state index in [9.17, 15) is 14.7 Å². The van der Waals surface area contributed by atoms with Crippen LogP contribution in [-0.4, -0.2) is 28.1 Å². The quantitative estimate of drug-likeness (QED) is 0.503. The molecule has 0 saturated carbocycles. The van der Waals surface area contributed by atoms with E-state index in [1.165, 1.54) is 5.56 Å². The lowest BCUT2D eigenvalue weighted by molar-refractivity contribution is -0.139. The van der Waals surface area contributed by atoms with Gasteiger partial charge in [0.15, 0.2) is 0 Å². The fraction of sp³-hybridized carbons (Fsp3) is 0.273. The number of hydrogen-bond acceptors (Lipinski definition) is 2. The summed E-state index contributed by atoms with van der Waals surface area (Å²) in [4.78, 5) is 26.9. The van der Waals surface area contributed by atoms with Crippen LogP contribution in [0.2, 0.25) is 0 Å². The summed E-state index contributed by atoms with van der Waals surface area (Å²) in [5, 5.41) is 15.8. The van der Waals surface area contributed by atoms with Crippen LogP contribution < -0.4 is 10.6 Å². The van der Waals surface area contributed by atoms with Gasteiger partial charge in [-0.3, -0.25) is 0 Å². The third-order valence-corrected chi connectivity index (χ3v) is 4.80. The van der Waals surface area contributed by atoms with E-state index in [4.69, 9.17) is 0 Å². The monoisotopic (exact) mass is 379 g/mol. The normalized spacial score (nSPS) is 12.1. The van der Waals surface area contributed by atoms with Crippen LogP contribution in [0.25, 0.3) is 10.9 Å². The van der Waals surface area contributed by atoms with Crippen LogP contribution in [0.1, 0.15) is 36.5 Å². The predicted molar refractivity (Wildman–Crippen MR) is 109 cm³/mol. The summed E-state index contributed by atoms with van der Waals surface area (Å²) in [5.41, 5.74) is 3.99. The van der Waals surface area contributed by atoms with E-state index in [0.29, 0.717) is 12.5 Å². The van der Waals surface area contributed by atoms with Gasteiger partial charge in [-0.2, -0.15) is 0 Å². The standard InChI is InChI=1S/C22H25N3O3/c1-14(2)16-9-7-15(8-10-16)12-24-22(28)25-20(21(26)27)11-17-13-23-19-6-4-3-5-18(17)19/h3-10,13-14,20,23H,11-12H2,1-2H3,(H,26,27)(H2,24,25,28)/t20-/m1/s1. The zero-order valence-electron chi connectivity index (χ0n) is 16.0. The van der Waals surface area contributed by atoms with Crippen LogP contribution in [0.3, 0.4) is 0 Å². The first-order valence-electron chi connectivity index (χ1n) is 9.35. The smallest absolute Gasteiger partial charge is 0.326 e. The topological polar surface area (TPSA) is 94.2 Å². The Bertz CT molecular complexity index is 961. The molecule has 1 atom stereocenters. The molecule has 146 valence electrons. The molecule has 6 heteroatoms. The first-order valence-corrected chi connectivity index (χ1v) is 9.35. The van der Waals surface area contributed by atoms with E-state index in [1.54, 1.807) is 6.20 Å².